The van der Waals surface area contributed by atoms with Gasteiger partial charge in [-0.1, -0.05) is 23.7 Å². The summed E-state index contributed by atoms with van der Waals surface area (Å²) in [5.74, 6) is 1.30. The first-order valence-corrected chi connectivity index (χ1v) is 11.5. The minimum absolute atomic E-state index is 0.0146. The molecular formula is C23H24ClN3O2S. The summed E-state index contributed by atoms with van der Waals surface area (Å²) >= 11 is 7.07. The minimum atomic E-state index is -0.122. The Morgan fingerprint density at radius 2 is 2.03 bits per heavy atom. The van der Waals surface area contributed by atoms with Crippen molar-refractivity contribution in [3.8, 4) is 0 Å². The zero-order valence-electron chi connectivity index (χ0n) is 16.7. The van der Waals surface area contributed by atoms with Gasteiger partial charge in [-0.15, -0.1) is 0 Å². The van der Waals surface area contributed by atoms with Crippen LogP contribution in [-0.4, -0.2) is 34.0 Å². The molecule has 5 nitrogen and oxygen atoms in total. The van der Waals surface area contributed by atoms with E-state index in [9.17, 15) is 9.59 Å². The number of piperidine rings is 1. The number of aromatic nitrogens is 2. The Kier molecular flexibility index (Phi) is 6.85. The number of ketones is 1. The molecule has 0 radical (unpaired) electrons. The number of nitrogens with zero attached hydrogens (tertiary/aromatic N) is 3. The lowest BCUT2D eigenvalue weighted by molar-refractivity contribution is -0.119. The topological polar surface area (TPSA) is 63.2 Å². The third-order valence-electron chi connectivity index (χ3n) is 5.61. The molecule has 0 unspecified atom stereocenters. The number of hydrogen-bond donors (Lipinski definition) is 0. The number of hydrogen-bond acceptors (Lipinski definition) is 6. The van der Waals surface area contributed by atoms with Crippen LogP contribution in [0.3, 0.4) is 0 Å². The maximum absolute atomic E-state index is 11.8. The van der Waals surface area contributed by atoms with Crippen molar-refractivity contribution >= 4 is 46.3 Å². The minimum Gasteiger partial charge on any atom is -0.341 e. The Labute approximate surface area is 185 Å². The Bertz CT molecular complexity index is 970. The van der Waals surface area contributed by atoms with Gasteiger partial charge >= 0.3 is 0 Å². The number of anilines is 1. The van der Waals surface area contributed by atoms with Crippen LogP contribution in [0.15, 0.2) is 41.4 Å². The molecule has 0 aliphatic carbocycles. The summed E-state index contributed by atoms with van der Waals surface area (Å²) in [6.45, 7) is 1.88. The molecule has 4 rings (SSSR count). The molecule has 7 heteroatoms. The maximum atomic E-state index is 11.8. The van der Waals surface area contributed by atoms with E-state index in [-0.39, 0.29) is 17.3 Å². The van der Waals surface area contributed by atoms with E-state index in [2.05, 4.69) is 27.0 Å². The fourth-order valence-electron chi connectivity index (χ4n) is 3.98. The van der Waals surface area contributed by atoms with Crippen LogP contribution < -0.4 is 4.90 Å². The number of carbonyl (C=O) groups excluding carboxylic acids is 2. The highest BCUT2D eigenvalue weighted by Gasteiger charge is 2.26. The lowest BCUT2D eigenvalue weighted by atomic mass is 9.91. The van der Waals surface area contributed by atoms with Crippen LogP contribution in [0, 0.1) is 5.92 Å². The first kappa shape index (κ1) is 21.1. The van der Waals surface area contributed by atoms with Gasteiger partial charge in [-0.05, 0) is 79.6 Å². The van der Waals surface area contributed by atoms with Gasteiger partial charge in [0.1, 0.15) is 0 Å². The van der Waals surface area contributed by atoms with Crippen LogP contribution in [0.5, 0.6) is 0 Å². The van der Waals surface area contributed by atoms with E-state index in [1.165, 1.54) is 18.4 Å². The lowest BCUT2D eigenvalue weighted by Crippen LogP contribution is -2.35. The van der Waals surface area contributed by atoms with Crippen molar-refractivity contribution in [3.63, 3.8) is 0 Å². The van der Waals surface area contributed by atoms with Gasteiger partial charge in [0.25, 0.3) is 0 Å². The molecule has 2 aliphatic rings. The Balaban J connectivity index is 1.28. The molecule has 0 atom stereocenters. The van der Waals surface area contributed by atoms with Crippen molar-refractivity contribution in [1.82, 2.24) is 9.97 Å². The van der Waals surface area contributed by atoms with Crippen LogP contribution in [0.4, 0.5) is 5.95 Å². The highest BCUT2D eigenvalue weighted by Crippen LogP contribution is 2.31. The fraction of sp³-hybridized carbons (Fsp3) is 0.391. The molecular weight excluding hydrogens is 418 g/mol. The number of Topliss-reactive ketones (excluding diaryl/α,β-unsaturated/α-hetero) is 1. The first-order valence-electron chi connectivity index (χ1n) is 10.3. The van der Waals surface area contributed by atoms with Crippen LogP contribution in [-0.2, 0) is 16.0 Å². The molecule has 0 amide bonds. The second kappa shape index (κ2) is 9.75. The molecule has 2 saturated heterocycles. The van der Waals surface area contributed by atoms with Gasteiger partial charge in [0, 0.05) is 24.3 Å². The highest BCUT2D eigenvalue weighted by molar-refractivity contribution is 8.18. The molecule has 3 heterocycles. The second-order valence-electron chi connectivity index (χ2n) is 7.82. The van der Waals surface area contributed by atoms with Crippen molar-refractivity contribution in [2.24, 2.45) is 5.92 Å². The molecule has 30 heavy (non-hydrogen) atoms. The molecule has 0 N–H and O–H groups in total. The SMILES string of the molecule is O=C1CC(=O)/C(=C/c2ccnc(N3CCC(CCCc4cccc(Cl)c4)CC3)n2)S1. The Morgan fingerprint density at radius 1 is 1.20 bits per heavy atom. The summed E-state index contributed by atoms with van der Waals surface area (Å²) in [4.78, 5) is 35.0. The van der Waals surface area contributed by atoms with Gasteiger partial charge < -0.3 is 4.90 Å². The predicted molar refractivity (Wildman–Crippen MR) is 122 cm³/mol. The quantitative estimate of drug-likeness (QED) is 0.467. The maximum Gasteiger partial charge on any atom is 0.225 e. The molecule has 1 aromatic heterocycles. The van der Waals surface area contributed by atoms with Gasteiger partial charge in [-0.25, -0.2) is 9.97 Å². The van der Waals surface area contributed by atoms with E-state index >= 15 is 0 Å². The molecule has 0 spiro atoms. The van der Waals surface area contributed by atoms with Crippen LogP contribution in [0.2, 0.25) is 5.02 Å². The number of allylic oxidation sites excluding steroid dienone is 1. The third kappa shape index (κ3) is 5.49. The summed E-state index contributed by atoms with van der Waals surface area (Å²) < 4.78 is 0. The van der Waals surface area contributed by atoms with Gasteiger partial charge in [0.2, 0.25) is 11.1 Å². The van der Waals surface area contributed by atoms with Crippen molar-refractivity contribution in [3.05, 3.63) is 57.7 Å². The monoisotopic (exact) mass is 441 g/mol. The predicted octanol–water partition coefficient (Wildman–Crippen LogP) is 4.94. The largest absolute Gasteiger partial charge is 0.341 e. The number of thioether (sulfide) groups is 1. The van der Waals surface area contributed by atoms with E-state index in [1.54, 1.807) is 18.3 Å². The highest BCUT2D eigenvalue weighted by atomic mass is 35.5. The average molecular weight is 442 g/mol. The van der Waals surface area contributed by atoms with Gasteiger partial charge in [-0.2, -0.15) is 0 Å². The molecule has 2 fully saturated rings. The number of benzene rings is 1. The molecule has 156 valence electrons. The molecule has 0 saturated carbocycles. The van der Waals surface area contributed by atoms with E-state index < -0.39 is 0 Å². The summed E-state index contributed by atoms with van der Waals surface area (Å²) in [5, 5.41) is 0.708. The Hall–Kier alpha value is -2.18. The zero-order valence-corrected chi connectivity index (χ0v) is 18.3. The van der Waals surface area contributed by atoms with Crippen molar-refractivity contribution in [2.75, 3.05) is 18.0 Å². The summed E-state index contributed by atoms with van der Waals surface area (Å²) in [7, 11) is 0. The molecule has 0 bridgehead atoms. The molecule has 2 aromatic rings. The number of halogens is 1. The van der Waals surface area contributed by atoms with Crippen LogP contribution in [0.25, 0.3) is 6.08 Å². The standard InChI is InChI=1S/C23H24ClN3O2S/c24-18-6-2-5-17(13-18)4-1-3-16-8-11-27(12-9-16)23-25-10-7-19(26-23)14-21-20(28)15-22(29)30-21/h2,5-7,10,13-14,16H,1,3-4,8-9,11-12,15H2/b21-14-. The van der Waals surface area contributed by atoms with Gasteiger partial charge in [-0.3, -0.25) is 9.59 Å². The van der Waals surface area contributed by atoms with Crippen molar-refractivity contribution in [1.29, 1.82) is 0 Å². The summed E-state index contributed by atoms with van der Waals surface area (Å²) in [5.41, 5.74) is 1.98. The number of aryl methyl sites for hydroxylation is 1. The van der Waals surface area contributed by atoms with Crippen molar-refractivity contribution < 1.29 is 9.59 Å². The smallest absolute Gasteiger partial charge is 0.225 e. The Morgan fingerprint density at radius 3 is 2.77 bits per heavy atom. The van der Waals surface area contributed by atoms with Crippen LogP contribution in [0.1, 0.15) is 43.4 Å². The van der Waals surface area contributed by atoms with E-state index in [0.717, 1.165) is 55.1 Å². The first-order chi connectivity index (χ1) is 14.6. The molecule has 1 aromatic carbocycles. The molecule has 2 aliphatic heterocycles. The average Bonchev–Trinajstić information content (AvgIpc) is 3.05. The normalized spacial score (nSPS) is 19.1. The lowest BCUT2D eigenvalue weighted by Gasteiger charge is -2.32. The number of carbonyl (C=O) groups is 2. The zero-order chi connectivity index (χ0) is 20.9. The van der Waals surface area contributed by atoms with Crippen molar-refractivity contribution in [2.45, 2.75) is 38.5 Å². The van der Waals surface area contributed by atoms with Gasteiger partial charge in [0.15, 0.2) is 5.78 Å². The van der Waals surface area contributed by atoms with E-state index in [0.29, 0.717) is 16.5 Å². The summed E-state index contributed by atoms with van der Waals surface area (Å²) in [6.07, 6.45) is 9.14. The third-order valence-corrected chi connectivity index (χ3v) is 6.78. The summed E-state index contributed by atoms with van der Waals surface area (Å²) in [6, 6.07) is 9.90. The van der Waals surface area contributed by atoms with Crippen LogP contribution >= 0.6 is 23.4 Å². The second-order valence-corrected chi connectivity index (χ2v) is 9.35. The van der Waals surface area contributed by atoms with Gasteiger partial charge in [0.05, 0.1) is 17.0 Å². The number of rotatable bonds is 6. The fourth-order valence-corrected chi connectivity index (χ4v) is 5.01. The van der Waals surface area contributed by atoms with E-state index in [1.807, 2.05) is 12.1 Å². The van der Waals surface area contributed by atoms with E-state index in [4.69, 9.17) is 11.6 Å².